The average molecular weight is 419 g/mol. The number of furan rings is 1. The van der Waals surface area contributed by atoms with Gasteiger partial charge in [-0.3, -0.25) is 4.79 Å². The molecular weight excluding hydrogens is 396 g/mol. The molecule has 0 saturated carbocycles. The van der Waals surface area contributed by atoms with Crippen molar-refractivity contribution >= 4 is 27.3 Å². The van der Waals surface area contributed by atoms with Crippen LogP contribution in [-0.4, -0.2) is 25.7 Å². The minimum absolute atomic E-state index is 0.126. The highest BCUT2D eigenvalue weighted by Gasteiger charge is 2.28. The number of thiophene rings is 1. The summed E-state index contributed by atoms with van der Waals surface area (Å²) in [6.07, 6.45) is 1.53. The van der Waals surface area contributed by atoms with Crippen molar-refractivity contribution in [2.24, 2.45) is 0 Å². The van der Waals surface area contributed by atoms with Gasteiger partial charge in [-0.05, 0) is 49.7 Å². The molecule has 2 heterocycles. The Labute approximate surface area is 168 Å². The number of sulfonamides is 1. The fourth-order valence-corrected chi connectivity index (χ4v) is 5.83. The zero-order valence-electron chi connectivity index (χ0n) is 15.9. The number of amides is 1. The maximum Gasteiger partial charge on any atom is 0.251 e. The Morgan fingerprint density at radius 2 is 1.86 bits per heavy atom. The topological polar surface area (TPSA) is 79.6 Å². The van der Waals surface area contributed by atoms with Crippen LogP contribution in [0.3, 0.4) is 0 Å². The number of nitrogens with one attached hydrogen (secondary N) is 1. The van der Waals surface area contributed by atoms with E-state index in [1.54, 1.807) is 49.5 Å². The molecule has 0 fully saturated rings. The van der Waals surface area contributed by atoms with Gasteiger partial charge in [0.15, 0.2) is 0 Å². The van der Waals surface area contributed by atoms with Crippen molar-refractivity contribution in [2.75, 3.05) is 7.05 Å². The van der Waals surface area contributed by atoms with E-state index in [1.807, 2.05) is 13.8 Å². The summed E-state index contributed by atoms with van der Waals surface area (Å²) in [5.41, 5.74) is 1.31. The number of nitrogens with zero attached hydrogens (tertiary/aromatic N) is 1. The van der Waals surface area contributed by atoms with E-state index in [1.165, 1.54) is 21.9 Å². The summed E-state index contributed by atoms with van der Waals surface area (Å²) in [5, 5.41) is 2.57. The first kappa shape index (κ1) is 20.3. The molecular formula is C20H22N2O4S2. The number of benzene rings is 1. The van der Waals surface area contributed by atoms with E-state index in [-0.39, 0.29) is 19.0 Å². The molecule has 0 aliphatic rings. The van der Waals surface area contributed by atoms with Crippen LogP contribution in [0.1, 0.15) is 31.4 Å². The summed E-state index contributed by atoms with van der Waals surface area (Å²) in [6.45, 7) is 4.01. The second-order valence-corrected chi connectivity index (χ2v) is 9.77. The van der Waals surface area contributed by atoms with Crippen molar-refractivity contribution in [3.63, 3.8) is 0 Å². The van der Waals surface area contributed by atoms with Crippen LogP contribution in [0.2, 0.25) is 0 Å². The summed E-state index contributed by atoms with van der Waals surface area (Å²) < 4.78 is 33.5. The van der Waals surface area contributed by atoms with Crippen molar-refractivity contribution in [1.82, 2.24) is 9.62 Å². The lowest BCUT2D eigenvalue weighted by molar-refractivity contribution is 0.0963. The smallest absolute Gasteiger partial charge is 0.251 e. The van der Waals surface area contributed by atoms with E-state index in [2.05, 4.69) is 5.32 Å². The molecule has 1 amide bonds. The molecule has 0 bridgehead atoms. The van der Waals surface area contributed by atoms with Gasteiger partial charge in [0.05, 0.1) is 17.7 Å². The lowest BCUT2D eigenvalue weighted by Gasteiger charge is -2.21. The number of carbonyl (C=O) groups excluding carboxylic acids is 1. The lowest BCUT2D eigenvalue weighted by atomic mass is 10.1. The van der Waals surface area contributed by atoms with Crippen LogP contribution in [-0.2, 0) is 23.1 Å². The van der Waals surface area contributed by atoms with E-state index >= 15 is 0 Å². The zero-order valence-corrected chi connectivity index (χ0v) is 17.6. The van der Waals surface area contributed by atoms with Crippen LogP contribution in [0.25, 0.3) is 0 Å². The van der Waals surface area contributed by atoms with E-state index in [9.17, 15) is 13.2 Å². The number of rotatable bonds is 7. The third kappa shape index (κ3) is 4.35. The van der Waals surface area contributed by atoms with Gasteiger partial charge in [-0.2, -0.15) is 4.31 Å². The minimum Gasteiger partial charge on any atom is -0.468 e. The summed E-state index contributed by atoms with van der Waals surface area (Å²) >= 11 is 1.46. The number of hydrogen-bond donors (Lipinski definition) is 1. The fourth-order valence-electron chi connectivity index (χ4n) is 2.91. The van der Waals surface area contributed by atoms with Crippen LogP contribution in [0.5, 0.6) is 0 Å². The van der Waals surface area contributed by atoms with E-state index in [0.29, 0.717) is 16.2 Å². The molecule has 0 radical (unpaired) electrons. The first-order valence-electron chi connectivity index (χ1n) is 8.72. The molecule has 3 aromatic rings. The molecule has 1 N–H and O–H groups in total. The minimum atomic E-state index is -3.71. The summed E-state index contributed by atoms with van der Waals surface area (Å²) in [6, 6.07) is 12.1. The molecule has 8 heteroatoms. The molecule has 0 unspecified atom stereocenters. The summed E-state index contributed by atoms with van der Waals surface area (Å²) in [7, 11) is -2.14. The van der Waals surface area contributed by atoms with Crippen molar-refractivity contribution in [1.29, 1.82) is 0 Å². The van der Waals surface area contributed by atoms with Crippen molar-refractivity contribution in [2.45, 2.75) is 31.8 Å². The number of hydrogen-bond acceptors (Lipinski definition) is 5. The van der Waals surface area contributed by atoms with Gasteiger partial charge in [0, 0.05) is 28.9 Å². The summed E-state index contributed by atoms with van der Waals surface area (Å²) in [4.78, 5) is 13.7. The molecule has 0 saturated heterocycles. The Bertz CT molecular complexity index is 1050. The van der Waals surface area contributed by atoms with Crippen LogP contribution < -0.4 is 5.32 Å². The molecule has 1 aromatic carbocycles. The second kappa shape index (κ2) is 8.30. The Morgan fingerprint density at radius 1 is 1.14 bits per heavy atom. The average Bonchev–Trinajstić information content (AvgIpc) is 3.30. The molecule has 6 nitrogen and oxygen atoms in total. The predicted octanol–water partition coefficient (Wildman–Crippen LogP) is 3.71. The molecule has 28 heavy (non-hydrogen) atoms. The van der Waals surface area contributed by atoms with Gasteiger partial charge in [-0.15, -0.1) is 11.3 Å². The van der Waals surface area contributed by atoms with Crippen LogP contribution >= 0.6 is 11.3 Å². The highest BCUT2D eigenvalue weighted by molar-refractivity contribution is 7.89. The molecule has 0 spiro atoms. The van der Waals surface area contributed by atoms with Gasteiger partial charge in [-0.25, -0.2) is 8.42 Å². The third-order valence-electron chi connectivity index (χ3n) is 4.33. The maximum absolute atomic E-state index is 13.3. The highest BCUT2D eigenvalue weighted by atomic mass is 32.2. The van der Waals surface area contributed by atoms with Gasteiger partial charge < -0.3 is 9.73 Å². The van der Waals surface area contributed by atoms with Crippen molar-refractivity contribution in [3.05, 3.63) is 75.4 Å². The first-order chi connectivity index (χ1) is 13.3. The Morgan fingerprint density at radius 3 is 2.39 bits per heavy atom. The highest BCUT2D eigenvalue weighted by Crippen LogP contribution is 2.29. The Kier molecular flexibility index (Phi) is 6.02. The molecule has 0 atom stereocenters. The molecule has 0 aliphatic heterocycles. The van der Waals surface area contributed by atoms with Gasteiger partial charge >= 0.3 is 0 Å². The first-order valence-corrected chi connectivity index (χ1v) is 11.0. The Balaban J connectivity index is 1.93. The van der Waals surface area contributed by atoms with E-state index < -0.39 is 10.0 Å². The van der Waals surface area contributed by atoms with Gasteiger partial charge in [0.25, 0.3) is 5.91 Å². The van der Waals surface area contributed by atoms with Crippen LogP contribution in [0.4, 0.5) is 0 Å². The zero-order chi connectivity index (χ0) is 20.3. The molecule has 3 rings (SSSR count). The van der Waals surface area contributed by atoms with Crippen LogP contribution in [0, 0.1) is 13.8 Å². The SMILES string of the molecule is CNC(=O)c1ccc(CN(Cc2ccco2)S(=O)(=O)c2cc(C)sc2C)cc1. The maximum atomic E-state index is 13.3. The van der Waals surface area contributed by atoms with Crippen molar-refractivity contribution < 1.29 is 17.6 Å². The van der Waals surface area contributed by atoms with Crippen LogP contribution in [0.15, 0.2) is 58.0 Å². The number of carbonyl (C=O) groups is 1. The fraction of sp³-hybridized carbons (Fsp3) is 0.250. The molecule has 0 aliphatic carbocycles. The quantitative estimate of drug-likeness (QED) is 0.634. The second-order valence-electron chi connectivity index (χ2n) is 6.41. The Hall–Kier alpha value is -2.42. The largest absolute Gasteiger partial charge is 0.468 e. The predicted molar refractivity (Wildman–Crippen MR) is 109 cm³/mol. The number of aryl methyl sites for hydroxylation is 2. The van der Waals surface area contributed by atoms with Gasteiger partial charge in [0.1, 0.15) is 5.76 Å². The van der Waals surface area contributed by atoms with Gasteiger partial charge in [-0.1, -0.05) is 12.1 Å². The third-order valence-corrected chi connectivity index (χ3v) is 7.34. The normalized spacial score (nSPS) is 11.7. The molecule has 2 aromatic heterocycles. The molecule has 148 valence electrons. The lowest BCUT2D eigenvalue weighted by Crippen LogP contribution is -2.30. The van der Waals surface area contributed by atoms with Crippen molar-refractivity contribution in [3.8, 4) is 0 Å². The van der Waals surface area contributed by atoms with E-state index in [4.69, 9.17) is 4.42 Å². The van der Waals surface area contributed by atoms with E-state index in [0.717, 1.165) is 15.3 Å². The summed E-state index contributed by atoms with van der Waals surface area (Å²) in [5.74, 6) is 0.381. The monoisotopic (exact) mass is 418 g/mol. The van der Waals surface area contributed by atoms with Gasteiger partial charge in [0.2, 0.25) is 10.0 Å². The standard InChI is InChI=1S/C20H22N2O4S2/c1-14-11-19(15(2)27-14)28(24,25)22(13-18-5-4-10-26-18)12-16-6-8-17(9-7-16)20(23)21-3/h4-11H,12-13H2,1-3H3,(H,21,23).